The van der Waals surface area contributed by atoms with E-state index in [1.54, 1.807) is 0 Å². The van der Waals surface area contributed by atoms with Gasteiger partial charge in [-0.05, 0) is 55.8 Å². The summed E-state index contributed by atoms with van der Waals surface area (Å²) in [6.45, 7) is 3.35. The van der Waals surface area contributed by atoms with Crippen LogP contribution in [0.5, 0.6) is 0 Å². The molecule has 0 saturated heterocycles. The van der Waals surface area contributed by atoms with Gasteiger partial charge in [-0.15, -0.1) is 0 Å². The summed E-state index contributed by atoms with van der Waals surface area (Å²) in [6.07, 6.45) is -11.9. The predicted molar refractivity (Wildman–Crippen MR) is 71.0 cm³/mol. The molecule has 2 rings (SSSR count). The molecule has 0 aromatic rings. The molecular weight excluding hydrogens is 342 g/mol. The Labute approximate surface area is 134 Å². The van der Waals surface area contributed by atoms with E-state index in [0.29, 0.717) is 19.3 Å². The van der Waals surface area contributed by atoms with E-state index in [0.717, 1.165) is 0 Å². The lowest BCUT2D eigenvalue weighted by molar-refractivity contribution is -0.374. The molecule has 3 nitrogen and oxygen atoms in total. The molecule has 0 radical (unpaired) electrons. The molecule has 3 unspecified atom stereocenters. The summed E-state index contributed by atoms with van der Waals surface area (Å²) in [6, 6.07) is 0. The molecule has 3 atom stereocenters. The van der Waals surface area contributed by atoms with Gasteiger partial charge < -0.3 is 10.2 Å². The third kappa shape index (κ3) is 3.02. The van der Waals surface area contributed by atoms with Crippen LogP contribution in [0.25, 0.3) is 0 Å². The van der Waals surface area contributed by atoms with Gasteiger partial charge in [0.25, 0.3) is 5.60 Å². The lowest BCUT2D eigenvalue weighted by Crippen LogP contribution is -2.58. The highest BCUT2D eigenvalue weighted by atomic mass is 19.4. The quantitative estimate of drug-likeness (QED) is 0.574. The summed E-state index contributed by atoms with van der Waals surface area (Å²) >= 11 is 0. The van der Waals surface area contributed by atoms with Crippen molar-refractivity contribution in [2.24, 2.45) is 17.3 Å². The molecule has 2 fully saturated rings. The van der Waals surface area contributed by atoms with Crippen LogP contribution in [-0.2, 0) is 4.79 Å². The van der Waals surface area contributed by atoms with Crippen LogP contribution in [0.15, 0.2) is 12.2 Å². The maximum atomic E-state index is 12.9. The van der Waals surface area contributed by atoms with Crippen molar-refractivity contribution in [1.29, 1.82) is 0 Å². The molecule has 2 bridgehead atoms. The van der Waals surface area contributed by atoms with Gasteiger partial charge in [0.1, 0.15) is 0 Å². The van der Waals surface area contributed by atoms with Crippen molar-refractivity contribution in [3.63, 3.8) is 0 Å². The van der Waals surface area contributed by atoms with E-state index in [4.69, 9.17) is 5.11 Å². The van der Waals surface area contributed by atoms with E-state index < -0.39 is 41.7 Å². The Hall–Kier alpha value is -1.25. The van der Waals surface area contributed by atoms with Crippen LogP contribution in [0.4, 0.5) is 26.3 Å². The molecule has 138 valence electrons. The number of carboxylic acids is 1. The summed E-state index contributed by atoms with van der Waals surface area (Å²) < 4.78 is 77.6. The van der Waals surface area contributed by atoms with Crippen molar-refractivity contribution in [3.05, 3.63) is 12.2 Å². The molecule has 2 aliphatic rings. The third-order valence-corrected chi connectivity index (χ3v) is 5.58. The first-order chi connectivity index (χ1) is 10.7. The SMILES string of the molecule is C=C(CC12CCC(CC1CC(O)(C(F)(F)F)C(F)(F)F)C2)C(=O)O. The highest BCUT2D eigenvalue weighted by Gasteiger charge is 2.72. The van der Waals surface area contributed by atoms with E-state index in [1.165, 1.54) is 0 Å². The molecule has 0 aliphatic heterocycles. The van der Waals surface area contributed by atoms with Gasteiger partial charge in [0.05, 0.1) is 0 Å². The maximum absolute atomic E-state index is 12.9. The zero-order valence-corrected chi connectivity index (χ0v) is 12.7. The third-order valence-electron chi connectivity index (χ3n) is 5.58. The van der Waals surface area contributed by atoms with Gasteiger partial charge >= 0.3 is 18.3 Å². The molecule has 0 aromatic heterocycles. The van der Waals surface area contributed by atoms with Crippen LogP contribution in [0.2, 0.25) is 0 Å². The van der Waals surface area contributed by atoms with Gasteiger partial charge in [-0.2, -0.15) is 26.3 Å². The summed E-state index contributed by atoms with van der Waals surface area (Å²) in [5, 5.41) is 18.4. The first-order valence-corrected chi connectivity index (χ1v) is 7.49. The highest BCUT2D eigenvalue weighted by Crippen LogP contribution is 2.63. The number of aliphatic carboxylic acids is 1. The van der Waals surface area contributed by atoms with Crippen molar-refractivity contribution in [2.75, 3.05) is 0 Å². The van der Waals surface area contributed by atoms with E-state index >= 15 is 0 Å². The lowest BCUT2D eigenvalue weighted by atomic mass is 9.67. The Morgan fingerprint density at radius 2 is 1.71 bits per heavy atom. The van der Waals surface area contributed by atoms with Crippen molar-refractivity contribution < 1.29 is 41.4 Å². The fourth-order valence-electron chi connectivity index (χ4n) is 4.35. The van der Waals surface area contributed by atoms with Crippen molar-refractivity contribution in [1.82, 2.24) is 0 Å². The Bertz CT molecular complexity index is 524. The molecule has 2 aliphatic carbocycles. The molecule has 0 aromatic carbocycles. The summed E-state index contributed by atoms with van der Waals surface area (Å²) in [5.74, 6) is -2.41. The Balaban J connectivity index is 2.30. The van der Waals surface area contributed by atoms with E-state index in [2.05, 4.69) is 6.58 Å². The Kier molecular flexibility index (Phi) is 4.48. The number of rotatable bonds is 5. The van der Waals surface area contributed by atoms with Crippen LogP contribution >= 0.6 is 0 Å². The first kappa shape index (κ1) is 19.1. The van der Waals surface area contributed by atoms with E-state index in [9.17, 15) is 36.2 Å². The minimum Gasteiger partial charge on any atom is -0.478 e. The molecule has 0 amide bonds. The van der Waals surface area contributed by atoms with Crippen LogP contribution in [0.3, 0.4) is 0 Å². The Morgan fingerprint density at radius 1 is 1.17 bits per heavy atom. The van der Waals surface area contributed by atoms with Crippen LogP contribution in [0, 0.1) is 17.3 Å². The minimum atomic E-state index is -5.85. The lowest BCUT2D eigenvalue weighted by Gasteiger charge is -2.41. The van der Waals surface area contributed by atoms with Gasteiger partial charge in [0.15, 0.2) is 0 Å². The predicted octanol–water partition coefficient (Wildman–Crippen LogP) is 4.07. The number of fused-ring (bicyclic) bond motifs is 2. The monoisotopic (exact) mass is 360 g/mol. The molecular formula is C15H18F6O3. The largest absolute Gasteiger partial charge is 0.478 e. The molecule has 2 saturated carbocycles. The van der Waals surface area contributed by atoms with Gasteiger partial charge in [-0.1, -0.05) is 6.58 Å². The summed E-state index contributed by atoms with van der Waals surface area (Å²) in [7, 11) is 0. The Morgan fingerprint density at radius 3 is 2.12 bits per heavy atom. The number of aliphatic hydroxyl groups is 1. The second-order valence-electron chi connectivity index (χ2n) is 7.05. The maximum Gasteiger partial charge on any atom is 0.426 e. The summed E-state index contributed by atoms with van der Waals surface area (Å²) in [5.41, 5.74) is -5.98. The second kappa shape index (κ2) is 5.64. The van der Waals surface area contributed by atoms with Gasteiger partial charge in [0.2, 0.25) is 0 Å². The zero-order chi connectivity index (χ0) is 18.6. The number of alkyl halides is 6. The molecule has 0 heterocycles. The zero-order valence-electron chi connectivity index (χ0n) is 12.7. The van der Waals surface area contributed by atoms with E-state index in [-0.39, 0.29) is 24.3 Å². The van der Waals surface area contributed by atoms with Gasteiger partial charge in [0, 0.05) is 5.57 Å². The van der Waals surface area contributed by atoms with Crippen LogP contribution in [-0.4, -0.2) is 34.1 Å². The summed E-state index contributed by atoms with van der Waals surface area (Å²) in [4.78, 5) is 11.0. The van der Waals surface area contributed by atoms with Crippen LogP contribution < -0.4 is 0 Å². The minimum absolute atomic E-state index is 0.0395. The topological polar surface area (TPSA) is 57.5 Å². The number of hydrogen-bond acceptors (Lipinski definition) is 2. The molecule has 24 heavy (non-hydrogen) atoms. The van der Waals surface area contributed by atoms with E-state index in [1.807, 2.05) is 0 Å². The normalized spacial score (nSPS) is 30.6. The van der Waals surface area contributed by atoms with Gasteiger partial charge in [-0.3, -0.25) is 0 Å². The number of carbonyl (C=O) groups is 1. The highest BCUT2D eigenvalue weighted by molar-refractivity contribution is 5.85. The smallest absolute Gasteiger partial charge is 0.426 e. The number of carboxylic acid groups (broad SMARTS) is 1. The van der Waals surface area contributed by atoms with Crippen molar-refractivity contribution in [3.8, 4) is 0 Å². The standard InChI is InChI=1S/C15H18F6O3/c1-8(11(22)23)5-12-3-2-9(6-12)4-10(12)7-13(24,14(16,17)18)15(19,20)21/h9-10,24H,1-7H2,(H,22,23). The molecule has 2 N–H and O–H groups in total. The average molecular weight is 360 g/mol. The van der Waals surface area contributed by atoms with Crippen molar-refractivity contribution >= 4 is 5.97 Å². The molecule has 9 heteroatoms. The fourth-order valence-corrected chi connectivity index (χ4v) is 4.35. The second-order valence-corrected chi connectivity index (χ2v) is 7.05. The molecule has 0 spiro atoms. The fraction of sp³-hybridized carbons (Fsp3) is 0.800. The number of halogens is 6. The number of hydrogen-bond donors (Lipinski definition) is 2. The van der Waals surface area contributed by atoms with Crippen molar-refractivity contribution in [2.45, 2.75) is 56.5 Å². The average Bonchev–Trinajstić information content (AvgIpc) is 2.93. The van der Waals surface area contributed by atoms with Crippen LogP contribution in [0.1, 0.15) is 38.5 Å². The van der Waals surface area contributed by atoms with Gasteiger partial charge in [-0.25, -0.2) is 4.79 Å². The first-order valence-electron chi connectivity index (χ1n) is 7.49.